The molecule has 8 aliphatic rings. The third-order valence-electron chi connectivity index (χ3n) is 12.2. The van der Waals surface area contributed by atoms with Gasteiger partial charge in [0.2, 0.25) is 5.91 Å². The third-order valence-corrected chi connectivity index (χ3v) is 13.6. The number of hydrogen-bond donors (Lipinski definition) is 8. The minimum atomic E-state index is -0.470. The van der Waals surface area contributed by atoms with Crippen molar-refractivity contribution >= 4 is 23.5 Å². The second-order valence-corrected chi connectivity index (χ2v) is 15.9. The van der Waals surface area contributed by atoms with E-state index in [1.165, 1.54) is 12.8 Å². The Morgan fingerprint density at radius 3 is 2.76 bits per heavy atom. The van der Waals surface area contributed by atoms with Crippen LogP contribution in [0.2, 0.25) is 0 Å². The number of allylic oxidation sites excluding steroid dienone is 1. The molecule has 13 atom stereocenters. The van der Waals surface area contributed by atoms with Crippen molar-refractivity contribution in [1.82, 2.24) is 41.9 Å². The molecule has 0 aromatic heterocycles. The van der Waals surface area contributed by atoms with Crippen molar-refractivity contribution in [1.29, 1.82) is 0 Å². The Morgan fingerprint density at radius 1 is 1.09 bits per heavy atom. The molecule has 1 amide bonds. The normalized spacial score (nSPS) is 46.3. The second kappa shape index (κ2) is 13.4. The number of morpholine rings is 1. The van der Waals surface area contributed by atoms with E-state index in [1.54, 1.807) is 17.8 Å². The maximum atomic E-state index is 13.3. The third kappa shape index (κ3) is 5.98. The van der Waals surface area contributed by atoms with Gasteiger partial charge in [0.05, 0.1) is 50.2 Å². The lowest BCUT2D eigenvalue weighted by Gasteiger charge is -2.50. The van der Waals surface area contributed by atoms with Gasteiger partial charge in [-0.3, -0.25) is 25.5 Å². The number of nitrogens with zero attached hydrogens (tertiary/aromatic N) is 2. The summed E-state index contributed by atoms with van der Waals surface area (Å²) >= 11 is 1.77. The lowest BCUT2D eigenvalue weighted by molar-refractivity contribution is -0.431. The molecule has 2 saturated carbocycles. The van der Waals surface area contributed by atoms with Crippen LogP contribution >= 0.6 is 11.8 Å². The maximum absolute atomic E-state index is 13.3. The summed E-state index contributed by atoms with van der Waals surface area (Å²) in [6.45, 7) is 4.44. The largest absolute Gasteiger partial charge is 0.474 e. The first-order valence-electron chi connectivity index (χ1n) is 17.7. The van der Waals surface area contributed by atoms with Crippen LogP contribution in [0.3, 0.4) is 0 Å². The van der Waals surface area contributed by atoms with Gasteiger partial charge < -0.3 is 31.2 Å². The summed E-state index contributed by atoms with van der Waals surface area (Å²) in [6.07, 6.45) is 8.87. The molecular weight excluding hydrogens is 608 g/mol. The number of hydrazine groups is 1. The highest BCUT2D eigenvalue weighted by atomic mass is 32.2. The summed E-state index contributed by atoms with van der Waals surface area (Å²) in [5.74, 6) is 2.31. The highest BCUT2D eigenvalue weighted by Crippen LogP contribution is 2.48. The van der Waals surface area contributed by atoms with Gasteiger partial charge in [0.25, 0.3) is 0 Å². The van der Waals surface area contributed by atoms with Crippen molar-refractivity contribution in [2.24, 2.45) is 29.4 Å². The van der Waals surface area contributed by atoms with E-state index >= 15 is 0 Å². The van der Waals surface area contributed by atoms with Crippen molar-refractivity contribution in [2.75, 3.05) is 45.3 Å². The number of ketones is 1. The van der Waals surface area contributed by atoms with Crippen LogP contribution in [0.5, 0.6) is 0 Å². The summed E-state index contributed by atoms with van der Waals surface area (Å²) < 4.78 is 12.3. The highest BCUT2D eigenvalue weighted by molar-refractivity contribution is 8.01. The molecule has 6 aliphatic heterocycles. The first-order chi connectivity index (χ1) is 22.4. The van der Waals surface area contributed by atoms with Crippen LogP contribution in [0.1, 0.15) is 44.9 Å². The van der Waals surface area contributed by atoms with Crippen molar-refractivity contribution in [3.8, 4) is 0 Å². The number of thioether (sulfide) groups is 1. The van der Waals surface area contributed by atoms with Gasteiger partial charge in [-0.05, 0) is 50.5 Å². The topological polar surface area (TPSA) is 185 Å². The quantitative estimate of drug-likeness (QED) is 0.142. The SMILES string of the molecule is NC(=O)C1C(NC2CC(C3CSC4C(=O)C=C(N5CCOCC5)OC43)CC3CCNC32)NC(N[C@H]2CCCC[C@H]2[NH3+])N2CNNC12. The van der Waals surface area contributed by atoms with Crippen LogP contribution in [0, 0.1) is 23.7 Å². The Bertz CT molecular complexity index is 1180. The molecule has 15 heteroatoms. The van der Waals surface area contributed by atoms with Gasteiger partial charge in [0.1, 0.15) is 17.6 Å². The first kappa shape index (κ1) is 31.7. The average molecular weight is 662 g/mol. The van der Waals surface area contributed by atoms with E-state index in [4.69, 9.17) is 15.2 Å². The molecule has 256 valence electrons. The van der Waals surface area contributed by atoms with E-state index in [9.17, 15) is 9.59 Å². The fourth-order valence-corrected chi connectivity index (χ4v) is 11.3. The maximum Gasteiger partial charge on any atom is 0.226 e. The Labute approximate surface area is 275 Å². The number of carbonyl (C=O) groups excluding carboxylic acids is 2. The Morgan fingerprint density at radius 2 is 1.93 bits per heavy atom. The number of rotatable bonds is 7. The van der Waals surface area contributed by atoms with E-state index in [0.29, 0.717) is 55.8 Å². The molecule has 5 saturated heterocycles. The summed E-state index contributed by atoms with van der Waals surface area (Å²) in [4.78, 5) is 30.8. The second-order valence-electron chi connectivity index (χ2n) is 14.7. The molecular formula is C31H53N10O4S+. The molecule has 7 fully saturated rings. The fraction of sp³-hybridized carbons (Fsp3) is 0.871. The van der Waals surface area contributed by atoms with Gasteiger partial charge in [-0.25, -0.2) is 15.8 Å². The molecule has 0 aromatic rings. The standard InChI is InChI=1S/C31H52N10O4S/c32-19-3-1-2-4-20(19)37-31-38-29(24(28(33)43)30-39-35-15-41(30)31)36-21-12-17(11-16-5-6-34-25(16)21)18-14-46-27-22(42)13-23(45-26(18)27)40-7-9-44-10-8-40/h13,16-21,24-27,29-31,34-39H,1-12,14-15,32H2,(H2,33,43)/p+1/t16?,17?,18?,19-,20+,21?,24?,25?,26?,27?,29?,30?,31?/m1/s1. The molecule has 2 aliphatic carbocycles. The van der Waals surface area contributed by atoms with Gasteiger partial charge in [0, 0.05) is 49.3 Å². The van der Waals surface area contributed by atoms with E-state index in [0.717, 1.165) is 63.4 Å². The summed E-state index contributed by atoms with van der Waals surface area (Å²) in [5, 5.41) is 15.3. The Kier molecular flexibility index (Phi) is 9.25. The van der Waals surface area contributed by atoms with E-state index in [1.807, 2.05) is 0 Å². The molecule has 14 nitrogen and oxygen atoms in total. The van der Waals surface area contributed by atoms with Crippen molar-refractivity contribution in [3.05, 3.63) is 12.0 Å². The minimum Gasteiger partial charge on any atom is -0.474 e. The van der Waals surface area contributed by atoms with Gasteiger partial charge in [-0.15, -0.1) is 11.8 Å². The van der Waals surface area contributed by atoms with Crippen LogP contribution in [0.4, 0.5) is 0 Å². The number of quaternary nitrogens is 1. The van der Waals surface area contributed by atoms with Crippen LogP contribution in [-0.4, -0.2) is 121 Å². The number of carbonyl (C=O) groups is 2. The zero-order valence-electron chi connectivity index (χ0n) is 26.7. The highest BCUT2D eigenvalue weighted by Gasteiger charge is 2.54. The van der Waals surface area contributed by atoms with Crippen molar-refractivity contribution in [2.45, 2.75) is 99.1 Å². The fourth-order valence-electron chi connectivity index (χ4n) is 9.75. The van der Waals surface area contributed by atoms with Gasteiger partial charge >= 0.3 is 0 Å². The van der Waals surface area contributed by atoms with E-state index in [-0.39, 0.29) is 47.7 Å². The van der Waals surface area contributed by atoms with Crippen molar-refractivity contribution in [3.63, 3.8) is 0 Å². The lowest BCUT2D eigenvalue weighted by Crippen LogP contribution is -2.79. The van der Waals surface area contributed by atoms with Gasteiger partial charge in [-0.1, -0.05) is 6.42 Å². The Balaban J connectivity index is 1.01. The molecule has 0 bridgehead atoms. The number of nitrogens with two attached hydrogens (primary N) is 1. The summed E-state index contributed by atoms with van der Waals surface area (Å²) in [6, 6.07) is 1.16. The molecule has 0 aromatic carbocycles. The first-order valence-corrected chi connectivity index (χ1v) is 18.7. The molecule has 6 heterocycles. The summed E-state index contributed by atoms with van der Waals surface area (Å²) in [5.41, 5.74) is 17.2. The van der Waals surface area contributed by atoms with Gasteiger partial charge in [-0.2, -0.15) is 0 Å². The molecule has 0 spiro atoms. The zero-order chi connectivity index (χ0) is 31.4. The number of fused-ring (bicyclic) bond motifs is 3. The molecule has 46 heavy (non-hydrogen) atoms. The van der Waals surface area contributed by atoms with Crippen LogP contribution in [0.25, 0.3) is 0 Å². The average Bonchev–Trinajstić information content (AvgIpc) is 3.83. The van der Waals surface area contributed by atoms with Crippen LogP contribution < -0.4 is 43.6 Å². The minimum absolute atomic E-state index is 0.106. The predicted octanol–water partition coefficient (Wildman–Crippen LogP) is -2.64. The number of primary amides is 1. The molecule has 8 rings (SSSR count). The Hall–Kier alpha value is -1.53. The number of nitrogens with one attached hydrogen (secondary N) is 6. The van der Waals surface area contributed by atoms with Crippen molar-refractivity contribution < 1.29 is 24.8 Å². The predicted molar refractivity (Wildman–Crippen MR) is 172 cm³/mol. The summed E-state index contributed by atoms with van der Waals surface area (Å²) in [7, 11) is 0. The number of hydrogen-bond acceptors (Lipinski definition) is 13. The van der Waals surface area contributed by atoms with Gasteiger partial charge in [0.15, 0.2) is 11.7 Å². The molecule has 11 N–H and O–H groups in total. The monoisotopic (exact) mass is 661 g/mol. The van der Waals surface area contributed by atoms with Crippen LogP contribution in [-0.2, 0) is 19.1 Å². The van der Waals surface area contributed by atoms with Crippen LogP contribution in [0.15, 0.2) is 12.0 Å². The number of amides is 1. The van der Waals surface area contributed by atoms with E-state index < -0.39 is 5.92 Å². The smallest absolute Gasteiger partial charge is 0.226 e. The zero-order valence-corrected chi connectivity index (χ0v) is 27.5. The molecule has 11 unspecified atom stereocenters. The molecule has 0 radical (unpaired) electrons. The lowest BCUT2D eigenvalue weighted by atomic mass is 9.69. The number of ether oxygens (including phenoxy) is 2. The van der Waals surface area contributed by atoms with E-state index in [2.05, 4.69) is 47.7 Å².